The van der Waals surface area contributed by atoms with Gasteiger partial charge in [-0.15, -0.1) is 6.42 Å². The van der Waals surface area contributed by atoms with E-state index in [0.29, 0.717) is 4.31 Å². The van der Waals surface area contributed by atoms with Crippen molar-refractivity contribution < 1.29 is 22.5 Å². The summed E-state index contributed by atoms with van der Waals surface area (Å²) in [6, 6.07) is 2.49. The summed E-state index contributed by atoms with van der Waals surface area (Å²) in [4.78, 5) is 16.4. The van der Waals surface area contributed by atoms with E-state index in [2.05, 4.69) is 16.1 Å². The zero-order chi connectivity index (χ0) is 18.8. The smallest absolute Gasteiger partial charge is 0.273 e. The normalized spacial score (nSPS) is 11.0. The Balaban J connectivity index is 2.57. The number of aryl methyl sites for hydroxylation is 2. The lowest BCUT2D eigenvalue weighted by atomic mass is 10.2. The van der Waals surface area contributed by atoms with Crippen molar-refractivity contribution in [3.63, 3.8) is 0 Å². The van der Waals surface area contributed by atoms with Crippen molar-refractivity contribution in [2.75, 3.05) is 13.7 Å². The minimum atomic E-state index is -4.28. The SMILES string of the molecule is C#CCN(C(=O)c1cc(Cl)nc(OC)c1)S(=O)(=O)c1c(C)noc1C. The molecule has 132 valence electrons. The van der Waals surface area contributed by atoms with E-state index in [4.69, 9.17) is 27.3 Å². The molecule has 0 saturated heterocycles. The van der Waals surface area contributed by atoms with Crippen LogP contribution in [0.25, 0.3) is 0 Å². The van der Waals surface area contributed by atoms with Crippen molar-refractivity contribution in [3.05, 3.63) is 34.3 Å². The first-order chi connectivity index (χ1) is 11.7. The van der Waals surface area contributed by atoms with Gasteiger partial charge in [0.05, 0.1) is 13.7 Å². The predicted molar refractivity (Wildman–Crippen MR) is 88.8 cm³/mol. The predicted octanol–water partition coefficient (Wildman–Crippen LogP) is 1.81. The van der Waals surface area contributed by atoms with E-state index < -0.39 is 22.5 Å². The van der Waals surface area contributed by atoms with Gasteiger partial charge in [0.1, 0.15) is 10.8 Å². The number of sulfonamides is 1. The van der Waals surface area contributed by atoms with E-state index in [1.54, 1.807) is 0 Å². The van der Waals surface area contributed by atoms with Crippen molar-refractivity contribution in [3.8, 4) is 18.2 Å². The quantitative estimate of drug-likeness (QED) is 0.573. The highest BCUT2D eigenvalue weighted by Crippen LogP contribution is 2.26. The zero-order valence-electron chi connectivity index (χ0n) is 13.6. The number of carbonyl (C=O) groups excluding carboxylic acids is 1. The summed E-state index contributed by atoms with van der Waals surface area (Å²) in [7, 11) is -2.94. The fraction of sp³-hybridized carbons (Fsp3) is 0.267. The van der Waals surface area contributed by atoms with Crippen molar-refractivity contribution in [1.82, 2.24) is 14.4 Å². The van der Waals surface area contributed by atoms with E-state index in [9.17, 15) is 13.2 Å². The van der Waals surface area contributed by atoms with Crippen molar-refractivity contribution in [1.29, 1.82) is 0 Å². The average Bonchev–Trinajstić information content (AvgIpc) is 2.90. The van der Waals surface area contributed by atoms with Crippen LogP contribution in [0.3, 0.4) is 0 Å². The molecule has 25 heavy (non-hydrogen) atoms. The average molecular weight is 384 g/mol. The lowest BCUT2D eigenvalue weighted by Gasteiger charge is -2.20. The Kier molecular flexibility index (Phi) is 5.35. The molecule has 2 rings (SSSR count). The van der Waals surface area contributed by atoms with Crippen LogP contribution in [0.4, 0.5) is 0 Å². The number of rotatable bonds is 5. The summed E-state index contributed by atoms with van der Waals surface area (Å²) in [6.07, 6.45) is 5.25. The van der Waals surface area contributed by atoms with Crippen LogP contribution in [0.2, 0.25) is 5.15 Å². The lowest BCUT2D eigenvalue weighted by molar-refractivity contribution is 0.0872. The fourth-order valence-electron chi connectivity index (χ4n) is 2.15. The van der Waals surface area contributed by atoms with Crippen LogP contribution in [0.1, 0.15) is 21.8 Å². The monoisotopic (exact) mass is 383 g/mol. The van der Waals surface area contributed by atoms with Crippen LogP contribution >= 0.6 is 11.6 Å². The van der Waals surface area contributed by atoms with Gasteiger partial charge >= 0.3 is 0 Å². The molecular weight excluding hydrogens is 370 g/mol. The number of ether oxygens (including phenoxy) is 1. The summed E-state index contributed by atoms with van der Waals surface area (Å²) in [6.45, 7) is 2.40. The number of hydrogen-bond donors (Lipinski definition) is 0. The molecule has 10 heteroatoms. The Labute approximate surface area is 149 Å². The van der Waals surface area contributed by atoms with E-state index >= 15 is 0 Å². The molecule has 0 unspecified atom stereocenters. The van der Waals surface area contributed by atoms with Crippen LogP contribution < -0.4 is 4.74 Å². The van der Waals surface area contributed by atoms with Gasteiger partial charge in [0, 0.05) is 11.6 Å². The maximum atomic E-state index is 12.9. The lowest BCUT2D eigenvalue weighted by Crippen LogP contribution is -2.37. The Hall–Kier alpha value is -2.57. The molecule has 0 aliphatic rings. The molecule has 0 N–H and O–H groups in total. The molecule has 0 fully saturated rings. The van der Waals surface area contributed by atoms with Crippen LogP contribution in [-0.2, 0) is 10.0 Å². The number of hydrogen-bond acceptors (Lipinski definition) is 7. The van der Waals surface area contributed by atoms with E-state index in [-0.39, 0.29) is 32.9 Å². The largest absolute Gasteiger partial charge is 0.481 e. The molecule has 0 atom stereocenters. The molecule has 2 aromatic heterocycles. The second-order valence-electron chi connectivity index (χ2n) is 4.90. The van der Waals surface area contributed by atoms with Crippen molar-refractivity contribution >= 4 is 27.5 Å². The van der Waals surface area contributed by atoms with Crippen molar-refractivity contribution in [2.24, 2.45) is 0 Å². The molecule has 0 spiro atoms. The molecule has 2 aromatic rings. The highest BCUT2D eigenvalue weighted by atomic mass is 35.5. The van der Waals surface area contributed by atoms with Crippen molar-refractivity contribution in [2.45, 2.75) is 18.7 Å². The molecule has 0 aliphatic heterocycles. The highest BCUT2D eigenvalue weighted by Gasteiger charge is 2.35. The first kappa shape index (κ1) is 18.8. The number of terminal acetylenes is 1. The fourth-order valence-corrected chi connectivity index (χ4v) is 3.95. The summed E-state index contributed by atoms with van der Waals surface area (Å²) < 4.78 is 36.2. The topological polar surface area (TPSA) is 103 Å². The molecule has 1 amide bonds. The summed E-state index contributed by atoms with van der Waals surface area (Å²) in [5.74, 6) is 1.40. The summed E-state index contributed by atoms with van der Waals surface area (Å²) in [5, 5.41) is 3.57. The Morgan fingerprint density at radius 1 is 1.44 bits per heavy atom. The number of halogens is 1. The molecule has 0 radical (unpaired) electrons. The Morgan fingerprint density at radius 3 is 2.64 bits per heavy atom. The third-order valence-electron chi connectivity index (χ3n) is 3.20. The summed E-state index contributed by atoms with van der Waals surface area (Å²) >= 11 is 5.84. The number of amides is 1. The zero-order valence-corrected chi connectivity index (χ0v) is 15.2. The third-order valence-corrected chi connectivity index (χ3v) is 5.37. The van der Waals surface area contributed by atoms with Gasteiger partial charge in [0.2, 0.25) is 5.88 Å². The van der Waals surface area contributed by atoms with Crippen LogP contribution in [-0.4, -0.2) is 42.4 Å². The van der Waals surface area contributed by atoms with E-state index in [1.807, 2.05) is 0 Å². The van der Waals surface area contributed by atoms with Gasteiger partial charge in [-0.1, -0.05) is 22.7 Å². The molecule has 8 nitrogen and oxygen atoms in total. The van der Waals surface area contributed by atoms with Gasteiger partial charge in [0.25, 0.3) is 15.9 Å². The molecule has 0 saturated carbocycles. The van der Waals surface area contributed by atoms with Gasteiger partial charge in [-0.2, -0.15) is 0 Å². The first-order valence-electron chi connectivity index (χ1n) is 6.87. The van der Waals surface area contributed by atoms with Gasteiger partial charge in [-0.05, 0) is 19.9 Å². The molecular formula is C15H14ClN3O5S. The maximum absolute atomic E-state index is 12.9. The van der Waals surface area contributed by atoms with E-state index in [1.165, 1.54) is 33.1 Å². The minimum absolute atomic E-state index is 0.0295. The third kappa shape index (κ3) is 3.60. The number of carbonyl (C=O) groups is 1. The summed E-state index contributed by atoms with van der Waals surface area (Å²) in [5.41, 5.74) is 0.0834. The molecule has 0 bridgehead atoms. The number of pyridine rings is 1. The minimum Gasteiger partial charge on any atom is -0.481 e. The van der Waals surface area contributed by atoms with Gasteiger partial charge < -0.3 is 9.26 Å². The Bertz CT molecular complexity index is 943. The molecule has 0 aliphatic carbocycles. The van der Waals surface area contributed by atoms with Crippen LogP contribution in [0.15, 0.2) is 21.6 Å². The first-order valence-corrected chi connectivity index (χ1v) is 8.69. The van der Waals surface area contributed by atoms with E-state index in [0.717, 1.165) is 0 Å². The molecule has 2 heterocycles. The van der Waals surface area contributed by atoms with Gasteiger partial charge in [0.15, 0.2) is 10.7 Å². The van der Waals surface area contributed by atoms with Crippen LogP contribution in [0, 0.1) is 26.2 Å². The maximum Gasteiger partial charge on any atom is 0.273 e. The second kappa shape index (κ2) is 7.13. The number of aromatic nitrogens is 2. The van der Waals surface area contributed by atoms with Gasteiger partial charge in [-0.25, -0.2) is 17.7 Å². The highest BCUT2D eigenvalue weighted by molar-refractivity contribution is 7.89. The Morgan fingerprint density at radius 2 is 2.12 bits per heavy atom. The standard InChI is InChI=1S/C15H14ClN3O5S/c1-5-6-19(25(21,22)14-9(2)18-24-10(14)3)15(20)11-7-12(16)17-13(8-11)23-4/h1,7-8H,6H2,2-4H3. The number of methoxy groups -OCH3 is 1. The van der Waals surface area contributed by atoms with Crippen LogP contribution in [0.5, 0.6) is 5.88 Å². The molecule has 0 aromatic carbocycles. The van der Waals surface area contributed by atoms with Gasteiger partial charge in [-0.3, -0.25) is 4.79 Å². The number of nitrogens with zero attached hydrogens (tertiary/aromatic N) is 3. The second-order valence-corrected chi connectivity index (χ2v) is 7.08.